The summed E-state index contributed by atoms with van der Waals surface area (Å²) in [7, 11) is 0. The Bertz CT molecular complexity index is 895. The van der Waals surface area contributed by atoms with Crippen LogP contribution in [0.2, 0.25) is 10.3 Å². The summed E-state index contributed by atoms with van der Waals surface area (Å²) in [6.45, 7) is 0.289. The van der Waals surface area contributed by atoms with Crippen molar-refractivity contribution in [3.8, 4) is 0 Å². The summed E-state index contributed by atoms with van der Waals surface area (Å²) in [6, 6.07) is 8.78. The highest BCUT2D eigenvalue weighted by molar-refractivity contribution is 9.10. The van der Waals surface area contributed by atoms with Gasteiger partial charge < -0.3 is 0 Å². The minimum absolute atomic E-state index is 0.132. The SMILES string of the molecule is O=c1c2cc(Br)ccc2ncn1Cc1ccc(Cl)nc1Cl. The summed E-state index contributed by atoms with van der Waals surface area (Å²) in [4.78, 5) is 20.7. The summed E-state index contributed by atoms with van der Waals surface area (Å²) in [5, 5.41) is 1.14. The lowest BCUT2D eigenvalue weighted by Gasteiger charge is -2.08. The van der Waals surface area contributed by atoms with Crippen molar-refractivity contribution in [1.29, 1.82) is 0 Å². The Kier molecular flexibility index (Phi) is 3.97. The van der Waals surface area contributed by atoms with Crippen LogP contribution in [0.25, 0.3) is 10.9 Å². The van der Waals surface area contributed by atoms with Gasteiger partial charge in [-0.2, -0.15) is 0 Å². The number of halogens is 3. The van der Waals surface area contributed by atoms with Crippen molar-refractivity contribution < 1.29 is 0 Å². The number of rotatable bonds is 2. The van der Waals surface area contributed by atoms with Crippen molar-refractivity contribution in [2.45, 2.75) is 6.54 Å². The molecule has 21 heavy (non-hydrogen) atoms. The second-order valence-electron chi connectivity index (χ2n) is 4.42. The highest BCUT2D eigenvalue weighted by Crippen LogP contribution is 2.18. The number of nitrogens with zero attached hydrogens (tertiary/aromatic N) is 3. The Morgan fingerprint density at radius 2 is 2.00 bits per heavy atom. The number of fused-ring (bicyclic) bond motifs is 1. The van der Waals surface area contributed by atoms with Crippen LogP contribution >= 0.6 is 39.1 Å². The van der Waals surface area contributed by atoms with E-state index < -0.39 is 0 Å². The molecule has 3 aromatic rings. The van der Waals surface area contributed by atoms with Gasteiger partial charge in [-0.1, -0.05) is 45.2 Å². The second kappa shape index (κ2) is 5.75. The van der Waals surface area contributed by atoms with Crippen molar-refractivity contribution in [2.75, 3.05) is 0 Å². The zero-order valence-electron chi connectivity index (χ0n) is 10.6. The average Bonchev–Trinajstić information content (AvgIpc) is 2.45. The lowest BCUT2D eigenvalue weighted by atomic mass is 10.2. The third kappa shape index (κ3) is 2.95. The summed E-state index contributed by atoms with van der Waals surface area (Å²) >= 11 is 15.2. The Balaban J connectivity index is 2.09. The van der Waals surface area contributed by atoms with Gasteiger partial charge in [-0.05, 0) is 24.3 Å². The number of pyridine rings is 1. The van der Waals surface area contributed by atoms with Crippen LogP contribution in [0, 0.1) is 0 Å². The fourth-order valence-corrected chi connectivity index (χ4v) is 2.75. The molecule has 106 valence electrons. The molecular formula is C14H8BrCl2N3O. The van der Waals surface area contributed by atoms with E-state index in [4.69, 9.17) is 23.2 Å². The lowest BCUT2D eigenvalue weighted by Crippen LogP contribution is -2.21. The number of benzene rings is 1. The number of hydrogen-bond donors (Lipinski definition) is 0. The monoisotopic (exact) mass is 383 g/mol. The van der Waals surface area contributed by atoms with Gasteiger partial charge in [0, 0.05) is 10.0 Å². The molecule has 0 fully saturated rings. The van der Waals surface area contributed by atoms with Crippen molar-refractivity contribution >= 4 is 50.0 Å². The third-order valence-electron chi connectivity index (χ3n) is 3.02. The maximum Gasteiger partial charge on any atom is 0.261 e. The Labute approximate surface area is 138 Å². The molecule has 0 saturated heterocycles. The predicted octanol–water partition coefficient (Wildman–Crippen LogP) is 3.91. The fourth-order valence-electron chi connectivity index (χ4n) is 1.99. The van der Waals surface area contributed by atoms with E-state index in [-0.39, 0.29) is 17.3 Å². The highest BCUT2D eigenvalue weighted by Gasteiger charge is 2.08. The van der Waals surface area contributed by atoms with E-state index in [1.165, 1.54) is 10.9 Å². The maximum absolute atomic E-state index is 12.5. The minimum atomic E-state index is -0.132. The van der Waals surface area contributed by atoms with E-state index in [1.807, 2.05) is 6.07 Å². The van der Waals surface area contributed by atoms with E-state index in [9.17, 15) is 4.79 Å². The van der Waals surface area contributed by atoms with Gasteiger partial charge in [0.2, 0.25) is 0 Å². The van der Waals surface area contributed by atoms with Gasteiger partial charge in [0.25, 0.3) is 5.56 Å². The molecule has 2 heterocycles. The first-order valence-electron chi connectivity index (χ1n) is 6.00. The molecule has 0 radical (unpaired) electrons. The van der Waals surface area contributed by atoms with Gasteiger partial charge in [-0.15, -0.1) is 0 Å². The molecule has 0 N–H and O–H groups in total. The van der Waals surface area contributed by atoms with E-state index >= 15 is 0 Å². The molecule has 0 aliphatic rings. The zero-order valence-corrected chi connectivity index (χ0v) is 13.7. The predicted molar refractivity (Wildman–Crippen MR) is 87.1 cm³/mol. The molecule has 0 atom stereocenters. The number of aromatic nitrogens is 3. The van der Waals surface area contributed by atoms with Crippen molar-refractivity contribution in [2.24, 2.45) is 0 Å². The van der Waals surface area contributed by atoms with E-state index in [2.05, 4.69) is 25.9 Å². The first-order valence-corrected chi connectivity index (χ1v) is 7.55. The largest absolute Gasteiger partial charge is 0.294 e. The molecule has 0 bridgehead atoms. The van der Waals surface area contributed by atoms with Crippen LogP contribution in [0.15, 0.2) is 45.9 Å². The molecular weight excluding hydrogens is 377 g/mol. The van der Waals surface area contributed by atoms with Gasteiger partial charge in [-0.3, -0.25) is 9.36 Å². The van der Waals surface area contributed by atoms with Crippen LogP contribution in [0.3, 0.4) is 0 Å². The molecule has 1 aromatic carbocycles. The van der Waals surface area contributed by atoms with Crippen LogP contribution in [0.5, 0.6) is 0 Å². The summed E-state index contributed by atoms with van der Waals surface area (Å²) < 4.78 is 2.32. The van der Waals surface area contributed by atoms with Crippen LogP contribution in [-0.2, 0) is 6.54 Å². The number of hydrogen-bond acceptors (Lipinski definition) is 3. The average molecular weight is 385 g/mol. The third-order valence-corrected chi connectivity index (χ3v) is 4.05. The zero-order chi connectivity index (χ0) is 15.0. The molecule has 0 saturated carbocycles. The van der Waals surface area contributed by atoms with Crippen LogP contribution in [0.4, 0.5) is 0 Å². The van der Waals surface area contributed by atoms with Crippen molar-refractivity contribution in [1.82, 2.24) is 14.5 Å². The second-order valence-corrected chi connectivity index (χ2v) is 6.08. The molecule has 0 unspecified atom stereocenters. The molecule has 7 heteroatoms. The molecule has 2 aromatic heterocycles. The lowest BCUT2D eigenvalue weighted by molar-refractivity contribution is 0.745. The van der Waals surface area contributed by atoms with Gasteiger partial charge in [0.1, 0.15) is 10.3 Å². The Hall–Kier alpha value is -1.43. The molecule has 3 rings (SSSR count). The highest BCUT2D eigenvalue weighted by atomic mass is 79.9. The van der Waals surface area contributed by atoms with E-state index in [0.29, 0.717) is 21.6 Å². The van der Waals surface area contributed by atoms with Crippen molar-refractivity contribution in [3.05, 3.63) is 67.4 Å². The van der Waals surface area contributed by atoms with Crippen LogP contribution in [0.1, 0.15) is 5.56 Å². The van der Waals surface area contributed by atoms with Crippen molar-refractivity contribution in [3.63, 3.8) is 0 Å². The smallest absolute Gasteiger partial charge is 0.261 e. The quantitative estimate of drug-likeness (QED) is 0.629. The van der Waals surface area contributed by atoms with Gasteiger partial charge in [0.15, 0.2) is 0 Å². The standard InChI is InChI=1S/C14H8BrCl2N3O/c15-9-2-3-11-10(5-9)14(21)20(7-18-11)6-8-1-4-12(16)19-13(8)17/h1-5,7H,6H2. The normalized spacial score (nSPS) is 11.0. The molecule has 0 spiro atoms. The molecule has 0 amide bonds. The topological polar surface area (TPSA) is 47.8 Å². The minimum Gasteiger partial charge on any atom is -0.294 e. The van der Waals surface area contributed by atoms with Gasteiger partial charge >= 0.3 is 0 Å². The molecule has 0 aliphatic carbocycles. The maximum atomic E-state index is 12.5. The fraction of sp³-hybridized carbons (Fsp3) is 0.0714. The van der Waals surface area contributed by atoms with Gasteiger partial charge in [-0.25, -0.2) is 9.97 Å². The molecule has 0 aliphatic heterocycles. The first kappa shape index (κ1) is 14.5. The van der Waals surface area contributed by atoms with E-state index in [0.717, 1.165) is 4.47 Å². The van der Waals surface area contributed by atoms with Crippen LogP contribution < -0.4 is 5.56 Å². The Morgan fingerprint density at radius 3 is 2.76 bits per heavy atom. The van der Waals surface area contributed by atoms with E-state index in [1.54, 1.807) is 24.3 Å². The summed E-state index contributed by atoms with van der Waals surface area (Å²) in [5.41, 5.74) is 1.23. The summed E-state index contributed by atoms with van der Waals surface area (Å²) in [5.74, 6) is 0. The van der Waals surface area contributed by atoms with Gasteiger partial charge in [0.05, 0.1) is 23.8 Å². The Morgan fingerprint density at radius 1 is 1.19 bits per heavy atom. The molecule has 4 nitrogen and oxygen atoms in total. The van der Waals surface area contributed by atoms with Crippen LogP contribution in [-0.4, -0.2) is 14.5 Å². The summed E-state index contributed by atoms with van der Waals surface area (Å²) in [6.07, 6.45) is 1.50. The first-order chi connectivity index (χ1) is 10.0.